The number of benzene rings is 3. The molecular formula is C17H12BrClO. The highest BCUT2D eigenvalue weighted by atomic mass is 79.9. The van der Waals surface area contributed by atoms with Crippen LogP contribution >= 0.6 is 27.5 Å². The second-order valence-electron chi connectivity index (χ2n) is 4.50. The predicted octanol–water partition coefficient (Wildman–Crippen LogP) is 6.13. The van der Waals surface area contributed by atoms with Crippen molar-refractivity contribution in [2.45, 2.75) is 5.88 Å². The fraction of sp³-hybridized carbons (Fsp3) is 0.0588. The summed E-state index contributed by atoms with van der Waals surface area (Å²) in [5.74, 6) is 2.02. The zero-order chi connectivity index (χ0) is 13.9. The second-order valence-corrected chi connectivity index (χ2v) is 5.68. The fourth-order valence-electron chi connectivity index (χ4n) is 2.09. The van der Waals surface area contributed by atoms with Gasteiger partial charge in [-0.05, 0) is 35.0 Å². The summed E-state index contributed by atoms with van der Waals surface area (Å²) in [5, 5.41) is 2.36. The minimum Gasteiger partial charge on any atom is -0.457 e. The van der Waals surface area contributed by atoms with E-state index in [2.05, 4.69) is 34.1 Å². The summed E-state index contributed by atoms with van der Waals surface area (Å²) in [4.78, 5) is 0. The van der Waals surface area contributed by atoms with Gasteiger partial charge in [0.05, 0.1) is 5.88 Å². The maximum absolute atomic E-state index is 5.97. The molecule has 3 aromatic carbocycles. The Hall–Kier alpha value is -1.51. The van der Waals surface area contributed by atoms with E-state index in [1.165, 1.54) is 5.39 Å². The third kappa shape index (κ3) is 2.82. The third-order valence-electron chi connectivity index (χ3n) is 3.12. The van der Waals surface area contributed by atoms with Crippen molar-refractivity contribution < 1.29 is 4.74 Å². The Balaban J connectivity index is 1.98. The number of alkyl halides is 1. The van der Waals surface area contributed by atoms with Crippen molar-refractivity contribution in [1.29, 1.82) is 0 Å². The first kappa shape index (κ1) is 13.5. The molecule has 3 aromatic rings. The molecule has 1 nitrogen and oxygen atoms in total. The lowest BCUT2D eigenvalue weighted by Crippen LogP contribution is -1.90. The lowest BCUT2D eigenvalue weighted by molar-refractivity contribution is 0.479. The summed E-state index contributed by atoms with van der Waals surface area (Å²) in [6.07, 6.45) is 0. The lowest BCUT2D eigenvalue weighted by atomic mass is 10.1. The molecule has 0 aliphatic carbocycles. The van der Waals surface area contributed by atoms with Gasteiger partial charge in [-0.25, -0.2) is 0 Å². The van der Waals surface area contributed by atoms with E-state index in [4.69, 9.17) is 16.3 Å². The third-order valence-corrected chi connectivity index (χ3v) is 3.90. The first-order chi connectivity index (χ1) is 9.76. The van der Waals surface area contributed by atoms with Crippen molar-refractivity contribution in [1.82, 2.24) is 0 Å². The molecule has 0 aromatic heterocycles. The molecule has 20 heavy (non-hydrogen) atoms. The molecular weight excluding hydrogens is 336 g/mol. The minimum absolute atomic E-state index is 0.427. The topological polar surface area (TPSA) is 9.23 Å². The molecule has 0 unspecified atom stereocenters. The van der Waals surface area contributed by atoms with Crippen molar-refractivity contribution >= 4 is 38.3 Å². The van der Waals surface area contributed by atoms with Crippen molar-refractivity contribution in [2.24, 2.45) is 0 Å². The molecule has 3 heteroatoms. The zero-order valence-corrected chi connectivity index (χ0v) is 13.0. The van der Waals surface area contributed by atoms with Crippen LogP contribution in [0.4, 0.5) is 0 Å². The summed E-state index contributed by atoms with van der Waals surface area (Å²) >= 11 is 9.41. The first-order valence-corrected chi connectivity index (χ1v) is 7.60. The maximum atomic E-state index is 5.97. The van der Waals surface area contributed by atoms with Crippen LogP contribution in [0, 0.1) is 0 Å². The number of fused-ring (bicyclic) bond motifs is 1. The Labute approximate surface area is 131 Å². The van der Waals surface area contributed by atoms with Gasteiger partial charge in [0.2, 0.25) is 0 Å². The number of halogens is 2. The van der Waals surface area contributed by atoms with Crippen LogP contribution in [0.2, 0.25) is 0 Å². The van der Waals surface area contributed by atoms with E-state index in [0.717, 1.165) is 26.9 Å². The van der Waals surface area contributed by atoms with E-state index in [0.29, 0.717) is 5.88 Å². The molecule has 0 radical (unpaired) electrons. The molecule has 0 bridgehead atoms. The lowest BCUT2D eigenvalue weighted by Gasteiger charge is -2.11. The van der Waals surface area contributed by atoms with Crippen LogP contribution in [0.15, 0.2) is 65.1 Å². The van der Waals surface area contributed by atoms with Gasteiger partial charge in [-0.3, -0.25) is 0 Å². The average molecular weight is 348 g/mol. The fourth-order valence-corrected chi connectivity index (χ4v) is 2.65. The molecule has 3 rings (SSSR count). The molecule has 0 aliphatic rings. The largest absolute Gasteiger partial charge is 0.457 e. The summed E-state index contributed by atoms with van der Waals surface area (Å²) in [6.45, 7) is 0. The monoisotopic (exact) mass is 346 g/mol. The summed E-state index contributed by atoms with van der Waals surface area (Å²) < 4.78 is 6.95. The number of hydrogen-bond acceptors (Lipinski definition) is 1. The van der Waals surface area contributed by atoms with Crippen molar-refractivity contribution in [2.75, 3.05) is 0 Å². The standard InChI is InChI=1S/C17H12BrClO/c18-15-7-5-14(11-19)17(10-15)20-16-8-6-12-3-1-2-4-13(12)9-16/h1-10H,11H2. The molecule has 0 aliphatic heterocycles. The van der Waals surface area contributed by atoms with Crippen LogP contribution in [0.3, 0.4) is 0 Å². The molecule has 0 spiro atoms. The van der Waals surface area contributed by atoms with Crippen LogP contribution < -0.4 is 4.74 Å². The van der Waals surface area contributed by atoms with Crippen molar-refractivity contribution in [3.8, 4) is 11.5 Å². The Morgan fingerprint density at radius 2 is 1.70 bits per heavy atom. The summed E-state index contributed by atoms with van der Waals surface area (Å²) in [6, 6.07) is 20.1. The highest BCUT2D eigenvalue weighted by Gasteiger charge is 2.06. The van der Waals surface area contributed by atoms with Crippen LogP contribution in [-0.4, -0.2) is 0 Å². The van der Waals surface area contributed by atoms with E-state index < -0.39 is 0 Å². The molecule has 0 N–H and O–H groups in total. The first-order valence-electron chi connectivity index (χ1n) is 6.27. The summed E-state index contributed by atoms with van der Waals surface area (Å²) in [5.41, 5.74) is 0.975. The number of ether oxygens (including phenoxy) is 1. The molecule has 0 amide bonds. The van der Waals surface area contributed by atoms with Crippen LogP contribution in [0.1, 0.15) is 5.56 Å². The van der Waals surface area contributed by atoms with Gasteiger partial charge < -0.3 is 4.74 Å². The van der Waals surface area contributed by atoms with Crippen molar-refractivity contribution in [3.05, 3.63) is 70.7 Å². The zero-order valence-electron chi connectivity index (χ0n) is 10.6. The quantitative estimate of drug-likeness (QED) is 0.518. The normalized spacial score (nSPS) is 10.7. The number of hydrogen-bond donors (Lipinski definition) is 0. The van der Waals surface area contributed by atoms with Gasteiger partial charge >= 0.3 is 0 Å². The maximum Gasteiger partial charge on any atom is 0.132 e. The van der Waals surface area contributed by atoms with E-state index in [9.17, 15) is 0 Å². The van der Waals surface area contributed by atoms with Crippen LogP contribution in [0.25, 0.3) is 10.8 Å². The Morgan fingerprint density at radius 1 is 0.900 bits per heavy atom. The van der Waals surface area contributed by atoms with Gasteiger partial charge in [0, 0.05) is 10.0 Å². The van der Waals surface area contributed by atoms with Gasteiger partial charge in [-0.15, -0.1) is 11.6 Å². The Morgan fingerprint density at radius 3 is 2.50 bits per heavy atom. The second kappa shape index (κ2) is 5.86. The molecule has 0 saturated heterocycles. The van der Waals surface area contributed by atoms with E-state index >= 15 is 0 Å². The molecule has 0 atom stereocenters. The van der Waals surface area contributed by atoms with E-state index in [1.54, 1.807) is 0 Å². The van der Waals surface area contributed by atoms with Gasteiger partial charge in [0.25, 0.3) is 0 Å². The van der Waals surface area contributed by atoms with Gasteiger partial charge in [0.15, 0.2) is 0 Å². The van der Waals surface area contributed by atoms with Gasteiger partial charge in [-0.2, -0.15) is 0 Å². The smallest absolute Gasteiger partial charge is 0.132 e. The highest BCUT2D eigenvalue weighted by molar-refractivity contribution is 9.10. The number of rotatable bonds is 3. The molecule has 100 valence electrons. The van der Waals surface area contributed by atoms with E-state index in [-0.39, 0.29) is 0 Å². The Bertz CT molecular complexity index is 755. The summed E-state index contributed by atoms with van der Waals surface area (Å²) in [7, 11) is 0. The Kier molecular flexibility index (Phi) is 3.95. The molecule has 0 fully saturated rings. The molecule has 0 saturated carbocycles. The van der Waals surface area contributed by atoms with Gasteiger partial charge in [-0.1, -0.05) is 52.3 Å². The predicted molar refractivity (Wildman–Crippen MR) is 87.7 cm³/mol. The molecule has 0 heterocycles. The van der Waals surface area contributed by atoms with Crippen molar-refractivity contribution in [3.63, 3.8) is 0 Å². The van der Waals surface area contributed by atoms with Crippen LogP contribution in [0.5, 0.6) is 11.5 Å². The van der Waals surface area contributed by atoms with Crippen LogP contribution in [-0.2, 0) is 5.88 Å². The van der Waals surface area contributed by atoms with Gasteiger partial charge in [0.1, 0.15) is 11.5 Å². The average Bonchev–Trinajstić information content (AvgIpc) is 2.47. The highest BCUT2D eigenvalue weighted by Crippen LogP contribution is 2.31. The SMILES string of the molecule is ClCc1ccc(Br)cc1Oc1ccc2ccccc2c1. The minimum atomic E-state index is 0.427. The van der Waals surface area contributed by atoms with E-state index in [1.807, 2.05) is 42.5 Å².